The number of halogens is 1. The van der Waals surface area contributed by atoms with Gasteiger partial charge in [-0.2, -0.15) is 0 Å². The Kier molecular flexibility index (Phi) is 5.22. The highest BCUT2D eigenvalue weighted by Gasteiger charge is 2.23. The zero-order valence-corrected chi connectivity index (χ0v) is 14.7. The molecule has 1 fully saturated rings. The standard InChI is InChI=1S/C20H23FN2O2/c1-15-7-8-19(25-2)18(13-15)22-9-11-23(12-10-22)20(24)14-16-5-3-4-6-17(16)21/h3-8,13H,9-12,14H2,1-2H3. The van der Waals surface area contributed by atoms with Crippen LogP contribution in [0.1, 0.15) is 11.1 Å². The van der Waals surface area contributed by atoms with E-state index < -0.39 is 0 Å². The molecule has 1 aliphatic heterocycles. The molecule has 2 aromatic carbocycles. The van der Waals surface area contributed by atoms with Gasteiger partial charge >= 0.3 is 0 Å². The van der Waals surface area contributed by atoms with E-state index in [9.17, 15) is 9.18 Å². The van der Waals surface area contributed by atoms with Gasteiger partial charge in [0.2, 0.25) is 5.91 Å². The second-order valence-corrected chi connectivity index (χ2v) is 6.31. The van der Waals surface area contributed by atoms with Crippen LogP contribution in [0.3, 0.4) is 0 Å². The van der Waals surface area contributed by atoms with Crippen molar-refractivity contribution >= 4 is 11.6 Å². The first-order valence-corrected chi connectivity index (χ1v) is 8.49. The fourth-order valence-electron chi connectivity index (χ4n) is 3.16. The summed E-state index contributed by atoms with van der Waals surface area (Å²) >= 11 is 0. The van der Waals surface area contributed by atoms with Crippen molar-refractivity contribution in [2.75, 3.05) is 38.2 Å². The lowest BCUT2D eigenvalue weighted by atomic mass is 10.1. The predicted octanol–water partition coefficient (Wildman–Crippen LogP) is 3.03. The van der Waals surface area contributed by atoms with Gasteiger partial charge in [-0.15, -0.1) is 0 Å². The Bertz CT molecular complexity index is 755. The molecule has 0 radical (unpaired) electrons. The van der Waals surface area contributed by atoms with Gasteiger partial charge in [0.25, 0.3) is 0 Å². The lowest BCUT2D eigenvalue weighted by Gasteiger charge is -2.36. The highest BCUT2D eigenvalue weighted by molar-refractivity contribution is 5.79. The fourth-order valence-corrected chi connectivity index (χ4v) is 3.16. The molecule has 0 spiro atoms. The SMILES string of the molecule is COc1ccc(C)cc1N1CCN(C(=O)Cc2ccccc2F)CC1. The van der Waals surface area contributed by atoms with Gasteiger partial charge in [0, 0.05) is 26.2 Å². The summed E-state index contributed by atoms with van der Waals surface area (Å²) in [4.78, 5) is 16.5. The maximum atomic E-state index is 13.7. The number of aryl methyl sites for hydroxylation is 1. The Labute approximate surface area is 147 Å². The number of nitrogens with zero attached hydrogens (tertiary/aromatic N) is 2. The number of carbonyl (C=O) groups is 1. The van der Waals surface area contributed by atoms with Crippen LogP contribution in [0.5, 0.6) is 5.75 Å². The van der Waals surface area contributed by atoms with Gasteiger partial charge in [-0.05, 0) is 36.2 Å². The number of carbonyl (C=O) groups excluding carboxylic acids is 1. The van der Waals surface area contributed by atoms with Crippen LogP contribution in [-0.2, 0) is 11.2 Å². The lowest BCUT2D eigenvalue weighted by Crippen LogP contribution is -2.49. The van der Waals surface area contributed by atoms with Crippen molar-refractivity contribution in [2.24, 2.45) is 0 Å². The van der Waals surface area contributed by atoms with Gasteiger partial charge in [-0.1, -0.05) is 24.3 Å². The Morgan fingerprint density at radius 1 is 1.12 bits per heavy atom. The number of amides is 1. The summed E-state index contributed by atoms with van der Waals surface area (Å²) in [6.45, 7) is 4.79. The summed E-state index contributed by atoms with van der Waals surface area (Å²) < 4.78 is 19.2. The van der Waals surface area contributed by atoms with E-state index in [2.05, 4.69) is 17.9 Å². The molecule has 1 amide bonds. The van der Waals surface area contributed by atoms with Crippen molar-refractivity contribution < 1.29 is 13.9 Å². The van der Waals surface area contributed by atoms with E-state index in [0.29, 0.717) is 18.7 Å². The number of rotatable bonds is 4. The number of hydrogen-bond acceptors (Lipinski definition) is 3. The van der Waals surface area contributed by atoms with Crippen LogP contribution in [0.25, 0.3) is 0 Å². The van der Waals surface area contributed by atoms with Gasteiger partial charge < -0.3 is 14.5 Å². The number of ether oxygens (including phenoxy) is 1. The summed E-state index contributed by atoms with van der Waals surface area (Å²) in [7, 11) is 1.67. The Morgan fingerprint density at radius 2 is 1.84 bits per heavy atom. The van der Waals surface area contributed by atoms with Crippen LogP contribution in [0, 0.1) is 12.7 Å². The largest absolute Gasteiger partial charge is 0.495 e. The Hall–Kier alpha value is -2.56. The van der Waals surface area contributed by atoms with Gasteiger partial charge in [0.05, 0.1) is 19.2 Å². The van der Waals surface area contributed by atoms with Crippen molar-refractivity contribution in [2.45, 2.75) is 13.3 Å². The van der Waals surface area contributed by atoms with Gasteiger partial charge in [0.1, 0.15) is 11.6 Å². The summed E-state index contributed by atoms with van der Waals surface area (Å²) in [5, 5.41) is 0. The maximum Gasteiger partial charge on any atom is 0.227 e. The molecule has 1 saturated heterocycles. The van der Waals surface area contributed by atoms with E-state index in [0.717, 1.165) is 24.5 Å². The molecular formula is C20H23FN2O2. The van der Waals surface area contributed by atoms with E-state index in [4.69, 9.17) is 4.74 Å². The van der Waals surface area contributed by atoms with Crippen LogP contribution in [0.2, 0.25) is 0 Å². The first-order valence-electron chi connectivity index (χ1n) is 8.49. The van der Waals surface area contributed by atoms with Crippen molar-refractivity contribution in [3.63, 3.8) is 0 Å². The minimum absolute atomic E-state index is 0.0269. The quantitative estimate of drug-likeness (QED) is 0.856. The minimum Gasteiger partial charge on any atom is -0.495 e. The summed E-state index contributed by atoms with van der Waals surface area (Å²) in [5.41, 5.74) is 2.69. The summed E-state index contributed by atoms with van der Waals surface area (Å²) in [6, 6.07) is 12.6. The zero-order valence-electron chi connectivity index (χ0n) is 14.7. The summed E-state index contributed by atoms with van der Waals surface area (Å²) in [6.07, 6.45) is 0.112. The van der Waals surface area contributed by atoms with Crippen LogP contribution < -0.4 is 9.64 Å². The highest BCUT2D eigenvalue weighted by Crippen LogP contribution is 2.30. The molecule has 5 heteroatoms. The van der Waals surface area contributed by atoms with Crippen molar-refractivity contribution in [1.29, 1.82) is 0 Å². The van der Waals surface area contributed by atoms with Gasteiger partial charge in [0.15, 0.2) is 0 Å². The molecule has 0 aromatic heterocycles. The third kappa shape index (κ3) is 3.92. The zero-order chi connectivity index (χ0) is 17.8. The van der Waals surface area contributed by atoms with Crippen molar-refractivity contribution in [3.05, 3.63) is 59.4 Å². The maximum absolute atomic E-state index is 13.7. The van der Waals surface area contributed by atoms with Gasteiger partial charge in [-0.25, -0.2) is 4.39 Å². The number of anilines is 1. The third-order valence-electron chi connectivity index (χ3n) is 4.61. The average Bonchev–Trinajstić information content (AvgIpc) is 2.63. The van der Waals surface area contributed by atoms with E-state index in [1.807, 2.05) is 17.0 Å². The van der Waals surface area contributed by atoms with E-state index in [1.54, 1.807) is 25.3 Å². The normalized spacial score (nSPS) is 14.5. The van der Waals surface area contributed by atoms with Crippen LogP contribution in [0.4, 0.5) is 10.1 Å². The first-order chi connectivity index (χ1) is 12.1. The number of methoxy groups -OCH3 is 1. The van der Waals surface area contributed by atoms with E-state index in [1.165, 1.54) is 11.6 Å². The molecule has 0 bridgehead atoms. The Balaban J connectivity index is 1.63. The molecule has 2 aromatic rings. The Morgan fingerprint density at radius 3 is 2.52 bits per heavy atom. The highest BCUT2D eigenvalue weighted by atomic mass is 19.1. The fraction of sp³-hybridized carbons (Fsp3) is 0.350. The number of hydrogen-bond donors (Lipinski definition) is 0. The molecule has 0 N–H and O–H groups in total. The molecule has 1 heterocycles. The van der Waals surface area contributed by atoms with Crippen LogP contribution >= 0.6 is 0 Å². The van der Waals surface area contributed by atoms with E-state index >= 15 is 0 Å². The molecule has 0 aliphatic carbocycles. The predicted molar refractivity (Wildman–Crippen MR) is 96.6 cm³/mol. The van der Waals surface area contributed by atoms with Crippen molar-refractivity contribution in [1.82, 2.24) is 4.90 Å². The van der Waals surface area contributed by atoms with Crippen LogP contribution in [-0.4, -0.2) is 44.1 Å². The number of piperazine rings is 1. The first kappa shape index (κ1) is 17.3. The minimum atomic E-state index is -0.320. The topological polar surface area (TPSA) is 32.8 Å². The molecule has 25 heavy (non-hydrogen) atoms. The molecular weight excluding hydrogens is 319 g/mol. The third-order valence-corrected chi connectivity index (χ3v) is 4.61. The van der Waals surface area contributed by atoms with Gasteiger partial charge in [-0.3, -0.25) is 4.79 Å². The molecule has 4 nitrogen and oxygen atoms in total. The molecule has 0 atom stereocenters. The smallest absolute Gasteiger partial charge is 0.227 e. The lowest BCUT2D eigenvalue weighted by molar-refractivity contribution is -0.130. The average molecular weight is 342 g/mol. The second kappa shape index (κ2) is 7.55. The molecule has 3 rings (SSSR count). The second-order valence-electron chi connectivity index (χ2n) is 6.31. The molecule has 1 aliphatic rings. The monoisotopic (exact) mass is 342 g/mol. The van der Waals surface area contributed by atoms with E-state index in [-0.39, 0.29) is 18.1 Å². The van der Waals surface area contributed by atoms with Crippen molar-refractivity contribution in [3.8, 4) is 5.75 Å². The summed E-state index contributed by atoms with van der Waals surface area (Å²) in [5.74, 6) is 0.497. The molecule has 0 saturated carbocycles. The molecule has 132 valence electrons. The van der Waals surface area contributed by atoms with Crippen LogP contribution in [0.15, 0.2) is 42.5 Å². The number of benzene rings is 2. The molecule has 0 unspecified atom stereocenters.